The minimum absolute atomic E-state index is 0.187. The van der Waals surface area contributed by atoms with Crippen LogP contribution in [0, 0.1) is 0 Å². The van der Waals surface area contributed by atoms with Crippen LogP contribution < -0.4 is 0 Å². The van der Waals surface area contributed by atoms with Crippen LogP contribution in [-0.2, 0) is 4.79 Å². The van der Waals surface area contributed by atoms with Crippen LogP contribution in [0.3, 0.4) is 0 Å². The van der Waals surface area contributed by atoms with Crippen molar-refractivity contribution in [2.24, 2.45) is 0 Å². The lowest BCUT2D eigenvalue weighted by atomic mass is 9.99. The Morgan fingerprint density at radius 3 is 2.71 bits per heavy atom. The number of fused-ring (bicyclic) bond motifs is 1. The van der Waals surface area contributed by atoms with Crippen LogP contribution in [0.15, 0.2) is 48.5 Å². The maximum Gasteiger partial charge on any atom is 0.237 e. The molecule has 1 aliphatic rings. The van der Waals surface area contributed by atoms with E-state index in [1.807, 2.05) is 23.9 Å². The summed E-state index contributed by atoms with van der Waals surface area (Å²) in [6, 6.07) is 14.8. The fraction of sp³-hybridized carbons (Fsp3) is 0.278. The number of nitrogens with zero attached hydrogens (tertiary/aromatic N) is 2. The Hall–Kier alpha value is -2.13. The minimum Gasteiger partial charge on any atom is -0.334 e. The first-order valence-electron chi connectivity index (χ1n) is 7.25. The molecule has 3 rings (SSSR count). The lowest BCUT2D eigenvalue weighted by Crippen LogP contribution is -2.36. The molecule has 0 atom stereocenters. The summed E-state index contributed by atoms with van der Waals surface area (Å²) < 4.78 is 0. The van der Waals surface area contributed by atoms with Crippen molar-refractivity contribution in [3.8, 4) is 0 Å². The number of hydrogen-bond acceptors (Lipinski definition) is 2. The fourth-order valence-corrected chi connectivity index (χ4v) is 2.82. The minimum atomic E-state index is 0.187. The second kappa shape index (κ2) is 5.70. The van der Waals surface area contributed by atoms with Gasteiger partial charge in [-0.3, -0.25) is 4.79 Å². The molecular weight excluding hydrogens is 260 g/mol. The largest absolute Gasteiger partial charge is 0.334 e. The molecule has 0 unspecified atom stereocenters. The number of carbonyl (C=O) groups excluding carboxylic acids is 1. The van der Waals surface area contributed by atoms with Crippen molar-refractivity contribution in [2.45, 2.75) is 0 Å². The number of benzene rings is 2. The van der Waals surface area contributed by atoms with E-state index in [1.54, 1.807) is 0 Å². The van der Waals surface area contributed by atoms with E-state index >= 15 is 0 Å². The molecule has 2 aromatic carbocycles. The molecule has 0 radical (unpaired) electrons. The summed E-state index contributed by atoms with van der Waals surface area (Å²) in [5.74, 6) is 0.187. The van der Waals surface area contributed by atoms with Crippen LogP contribution in [0.4, 0.5) is 0 Å². The average Bonchev–Trinajstić information content (AvgIpc) is 2.95. The molecule has 3 heteroatoms. The summed E-state index contributed by atoms with van der Waals surface area (Å²) in [5, 5.41) is 2.50. The first-order valence-corrected chi connectivity index (χ1v) is 7.25. The van der Waals surface area contributed by atoms with Crippen molar-refractivity contribution in [2.75, 3.05) is 33.7 Å². The van der Waals surface area contributed by atoms with Gasteiger partial charge in [0.25, 0.3) is 0 Å². The van der Waals surface area contributed by atoms with E-state index < -0.39 is 0 Å². The van der Waals surface area contributed by atoms with Crippen molar-refractivity contribution < 1.29 is 4.79 Å². The molecule has 0 N–H and O–H groups in total. The van der Waals surface area contributed by atoms with Gasteiger partial charge in [0.1, 0.15) is 0 Å². The monoisotopic (exact) mass is 280 g/mol. The highest BCUT2D eigenvalue weighted by Gasteiger charge is 2.21. The summed E-state index contributed by atoms with van der Waals surface area (Å²) in [4.78, 5) is 16.0. The van der Waals surface area contributed by atoms with Gasteiger partial charge in [0, 0.05) is 13.1 Å². The Balaban J connectivity index is 1.84. The molecule has 1 aliphatic heterocycles. The van der Waals surface area contributed by atoms with Crippen LogP contribution in [0.2, 0.25) is 0 Å². The third-order valence-corrected chi connectivity index (χ3v) is 3.86. The van der Waals surface area contributed by atoms with E-state index in [2.05, 4.69) is 48.5 Å². The maximum atomic E-state index is 12.1. The van der Waals surface area contributed by atoms with Gasteiger partial charge in [0.05, 0.1) is 6.54 Å². The van der Waals surface area contributed by atoms with E-state index in [9.17, 15) is 4.79 Å². The maximum absolute atomic E-state index is 12.1. The predicted molar refractivity (Wildman–Crippen MR) is 87.1 cm³/mol. The molecule has 0 saturated carbocycles. The highest BCUT2D eigenvalue weighted by molar-refractivity contribution is 5.95. The Kier molecular flexibility index (Phi) is 3.76. The Bertz CT molecular complexity index is 698. The average molecular weight is 280 g/mol. The Morgan fingerprint density at radius 1 is 1.14 bits per heavy atom. The second-order valence-electron chi connectivity index (χ2n) is 5.77. The van der Waals surface area contributed by atoms with Crippen molar-refractivity contribution >= 4 is 22.3 Å². The zero-order chi connectivity index (χ0) is 14.8. The molecule has 21 heavy (non-hydrogen) atoms. The first kappa shape index (κ1) is 13.8. The molecule has 3 nitrogen and oxygen atoms in total. The van der Waals surface area contributed by atoms with Crippen LogP contribution in [0.5, 0.6) is 0 Å². The Morgan fingerprint density at radius 2 is 1.90 bits per heavy atom. The zero-order valence-electron chi connectivity index (χ0n) is 12.5. The van der Waals surface area contributed by atoms with Crippen LogP contribution in [0.25, 0.3) is 16.3 Å². The number of carbonyl (C=O) groups is 1. The summed E-state index contributed by atoms with van der Waals surface area (Å²) in [5.41, 5.74) is 2.49. The standard InChI is InChI=1S/C18H20N2O/c1-19(2)13-18(21)20-11-10-15(12-20)17-9-5-7-14-6-3-4-8-16(14)17/h3-10H,11-13H2,1-2H3. The second-order valence-corrected chi connectivity index (χ2v) is 5.77. The molecule has 2 aromatic rings. The highest BCUT2D eigenvalue weighted by atomic mass is 16.2. The third-order valence-electron chi connectivity index (χ3n) is 3.86. The molecule has 0 aliphatic carbocycles. The van der Waals surface area contributed by atoms with Crippen molar-refractivity contribution in [3.05, 3.63) is 54.1 Å². The van der Waals surface area contributed by atoms with Gasteiger partial charge < -0.3 is 9.80 Å². The van der Waals surface area contributed by atoms with E-state index in [0.717, 1.165) is 0 Å². The summed E-state index contributed by atoms with van der Waals surface area (Å²) in [7, 11) is 3.85. The molecule has 108 valence electrons. The number of hydrogen-bond donors (Lipinski definition) is 0. The van der Waals surface area contributed by atoms with E-state index in [-0.39, 0.29) is 5.91 Å². The van der Waals surface area contributed by atoms with Gasteiger partial charge in [-0.1, -0.05) is 48.5 Å². The van der Waals surface area contributed by atoms with Gasteiger partial charge in [-0.2, -0.15) is 0 Å². The number of rotatable bonds is 3. The third kappa shape index (κ3) is 2.83. The zero-order valence-corrected chi connectivity index (χ0v) is 12.5. The molecular formula is C18H20N2O. The van der Waals surface area contributed by atoms with Gasteiger partial charge in [-0.05, 0) is 36.0 Å². The van der Waals surface area contributed by atoms with Gasteiger partial charge in [-0.15, -0.1) is 0 Å². The first-order chi connectivity index (χ1) is 10.1. The van der Waals surface area contributed by atoms with E-state index in [4.69, 9.17) is 0 Å². The van der Waals surface area contributed by atoms with Gasteiger partial charge in [-0.25, -0.2) is 0 Å². The lowest BCUT2D eigenvalue weighted by Gasteiger charge is -2.19. The normalized spacial score (nSPS) is 14.8. The van der Waals surface area contributed by atoms with Gasteiger partial charge in [0.15, 0.2) is 0 Å². The molecule has 0 bridgehead atoms. The van der Waals surface area contributed by atoms with E-state index in [0.29, 0.717) is 19.6 Å². The molecule has 0 fully saturated rings. The quantitative estimate of drug-likeness (QED) is 0.863. The fourth-order valence-electron chi connectivity index (χ4n) is 2.82. The summed E-state index contributed by atoms with van der Waals surface area (Å²) in [6.07, 6.45) is 2.18. The summed E-state index contributed by atoms with van der Waals surface area (Å²) in [6.45, 7) is 1.89. The predicted octanol–water partition coefficient (Wildman–Crippen LogP) is 2.63. The molecule has 0 spiro atoms. The van der Waals surface area contributed by atoms with Crippen LogP contribution >= 0.6 is 0 Å². The van der Waals surface area contributed by atoms with Gasteiger partial charge >= 0.3 is 0 Å². The van der Waals surface area contributed by atoms with Crippen molar-refractivity contribution in [3.63, 3.8) is 0 Å². The van der Waals surface area contributed by atoms with Gasteiger partial charge in [0.2, 0.25) is 5.91 Å². The van der Waals surface area contributed by atoms with Crippen molar-refractivity contribution in [1.82, 2.24) is 9.80 Å². The molecule has 1 amide bonds. The Labute approximate surface area is 125 Å². The van der Waals surface area contributed by atoms with E-state index in [1.165, 1.54) is 21.9 Å². The number of likely N-dealkylation sites (N-methyl/N-ethyl adjacent to an activating group) is 1. The van der Waals surface area contributed by atoms with Crippen LogP contribution in [-0.4, -0.2) is 49.4 Å². The number of amides is 1. The highest BCUT2D eigenvalue weighted by Crippen LogP contribution is 2.28. The van der Waals surface area contributed by atoms with Crippen molar-refractivity contribution in [1.29, 1.82) is 0 Å². The molecule has 0 aromatic heterocycles. The lowest BCUT2D eigenvalue weighted by molar-refractivity contribution is -0.130. The SMILES string of the molecule is CN(C)CC(=O)N1CC=C(c2cccc3ccccc23)C1. The molecule has 1 heterocycles. The smallest absolute Gasteiger partial charge is 0.237 e. The molecule has 0 saturated heterocycles. The van der Waals surface area contributed by atoms with Crippen LogP contribution in [0.1, 0.15) is 5.56 Å². The summed E-state index contributed by atoms with van der Waals surface area (Å²) >= 11 is 0. The topological polar surface area (TPSA) is 23.6 Å².